The van der Waals surface area contributed by atoms with E-state index in [9.17, 15) is 18.4 Å². The van der Waals surface area contributed by atoms with Crippen LogP contribution in [0.5, 0.6) is 5.75 Å². The second-order valence-electron chi connectivity index (χ2n) is 10.4. The maximum Gasteiger partial charge on any atom is 0.350 e. The van der Waals surface area contributed by atoms with Gasteiger partial charge in [0.1, 0.15) is 24.1 Å². The highest BCUT2D eigenvalue weighted by Crippen LogP contribution is 2.47. The summed E-state index contributed by atoms with van der Waals surface area (Å²) in [5, 5.41) is 8.13. The zero-order valence-electron chi connectivity index (χ0n) is 23.3. The van der Waals surface area contributed by atoms with Crippen molar-refractivity contribution >= 4 is 34.2 Å². The maximum absolute atomic E-state index is 15.0. The number of carbonyl (C=O) groups is 1. The van der Waals surface area contributed by atoms with Gasteiger partial charge in [-0.2, -0.15) is 10.2 Å². The number of rotatable bonds is 6. The molecule has 1 atom stereocenters. The minimum Gasteiger partial charge on any atom is -0.488 e. The number of ether oxygens (including phenoxy) is 1. The van der Waals surface area contributed by atoms with E-state index in [-0.39, 0.29) is 40.5 Å². The molecule has 2 aromatic carbocycles. The quantitative estimate of drug-likeness (QED) is 0.390. The number of carbonyl (C=O) groups excluding carboxylic acids is 1. The van der Waals surface area contributed by atoms with Crippen LogP contribution in [0.1, 0.15) is 25.8 Å². The first kappa shape index (κ1) is 29.5. The fourth-order valence-electron chi connectivity index (χ4n) is 5.66. The van der Waals surface area contributed by atoms with Crippen molar-refractivity contribution in [2.75, 3.05) is 57.3 Å². The van der Waals surface area contributed by atoms with Crippen LogP contribution in [0.25, 0.3) is 22.0 Å². The van der Waals surface area contributed by atoms with Crippen molar-refractivity contribution in [3.63, 3.8) is 0 Å². The summed E-state index contributed by atoms with van der Waals surface area (Å²) in [5.74, 6) is -0.900. The van der Waals surface area contributed by atoms with Gasteiger partial charge in [0, 0.05) is 62.2 Å². The molecule has 0 aliphatic carbocycles. The Kier molecular flexibility index (Phi) is 8.75. The molecule has 1 unspecified atom stereocenters. The van der Waals surface area contributed by atoms with Gasteiger partial charge in [-0.25, -0.2) is 13.6 Å². The smallest absolute Gasteiger partial charge is 0.350 e. The van der Waals surface area contributed by atoms with Gasteiger partial charge in [0.25, 0.3) is 0 Å². The maximum atomic E-state index is 15.0. The lowest BCUT2D eigenvalue weighted by Gasteiger charge is -2.37. The van der Waals surface area contributed by atoms with Gasteiger partial charge in [-0.3, -0.25) is 9.36 Å². The number of nitrogens with zero attached hydrogens (tertiary/aromatic N) is 6. The molecule has 0 radical (unpaired) electrons. The van der Waals surface area contributed by atoms with Gasteiger partial charge < -0.3 is 19.4 Å². The molecule has 1 amide bonds. The van der Waals surface area contributed by atoms with Crippen molar-refractivity contribution in [3.8, 4) is 22.9 Å². The summed E-state index contributed by atoms with van der Waals surface area (Å²) in [6, 6.07) is 6.46. The van der Waals surface area contributed by atoms with Crippen molar-refractivity contribution in [2.45, 2.75) is 25.8 Å². The molecule has 1 aromatic heterocycles. The summed E-state index contributed by atoms with van der Waals surface area (Å²) in [6.07, 6.45) is 3.15. The first-order valence-corrected chi connectivity index (χ1v) is 14.2. The number of nitriles is 1. The predicted octanol–water partition coefficient (Wildman–Crippen LogP) is 4.39. The Balaban J connectivity index is 0.00000113. The van der Waals surface area contributed by atoms with E-state index in [1.807, 2.05) is 4.90 Å². The molecule has 2 fully saturated rings. The van der Waals surface area contributed by atoms with Crippen LogP contribution in [-0.2, 0) is 4.79 Å². The fourth-order valence-corrected chi connectivity index (χ4v) is 5.96. The zero-order chi connectivity index (χ0) is 30.0. The molecule has 42 heavy (non-hydrogen) atoms. The summed E-state index contributed by atoms with van der Waals surface area (Å²) >= 11 is 6.76. The molecule has 0 N–H and O–H groups in total. The molecule has 3 aromatic rings. The molecule has 12 heteroatoms. The Hall–Kier alpha value is -4.01. The minimum absolute atomic E-state index is 0.0891. The summed E-state index contributed by atoms with van der Waals surface area (Å²) in [6.45, 7) is 9.92. The summed E-state index contributed by atoms with van der Waals surface area (Å²) in [5.41, 5.74) is 0.437. The van der Waals surface area contributed by atoms with Crippen molar-refractivity contribution in [1.29, 1.82) is 5.26 Å². The van der Waals surface area contributed by atoms with Crippen LogP contribution in [-0.4, -0.2) is 77.7 Å². The van der Waals surface area contributed by atoms with Gasteiger partial charge in [0.15, 0.2) is 5.75 Å². The minimum atomic E-state index is -0.776. The summed E-state index contributed by atoms with van der Waals surface area (Å²) in [4.78, 5) is 36.2. The van der Waals surface area contributed by atoms with Crippen LogP contribution in [0.3, 0.4) is 0 Å². The average Bonchev–Trinajstić information content (AvgIpc) is 2.95. The number of aromatic nitrogens is 2. The van der Waals surface area contributed by atoms with Gasteiger partial charge in [-0.1, -0.05) is 18.2 Å². The molecule has 4 heterocycles. The molecule has 9 nitrogen and oxygen atoms in total. The van der Waals surface area contributed by atoms with Crippen LogP contribution in [0, 0.1) is 23.0 Å². The van der Waals surface area contributed by atoms with Gasteiger partial charge in [-0.15, -0.1) is 0 Å². The van der Waals surface area contributed by atoms with Gasteiger partial charge >= 0.3 is 5.69 Å². The third-order valence-electron chi connectivity index (χ3n) is 7.87. The topological polar surface area (TPSA) is 94.7 Å². The summed E-state index contributed by atoms with van der Waals surface area (Å²) < 4.78 is 36.6. The molecule has 0 bridgehead atoms. The molecule has 3 aliphatic rings. The number of benzene rings is 2. The zero-order valence-corrected chi connectivity index (χ0v) is 24.0. The van der Waals surface area contributed by atoms with Crippen LogP contribution in [0.4, 0.5) is 14.6 Å². The number of hydrogen-bond acceptors (Lipinski definition) is 7. The number of likely N-dealkylation sites (tertiary alicyclic amines) is 1. The summed E-state index contributed by atoms with van der Waals surface area (Å²) in [7, 11) is 0. The van der Waals surface area contributed by atoms with E-state index in [1.54, 1.807) is 21.6 Å². The van der Waals surface area contributed by atoms with E-state index in [1.165, 1.54) is 31.6 Å². The monoisotopic (exact) mass is 596 g/mol. The molecule has 0 saturated carbocycles. The Morgan fingerprint density at radius 2 is 1.93 bits per heavy atom. The molecule has 6 rings (SSSR count). The van der Waals surface area contributed by atoms with Crippen molar-refractivity contribution < 1.29 is 18.3 Å². The number of piperazine rings is 1. The number of anilines is 1. The molecular formula is C30H31ClF2N6O3. The lowest BCUT2D eigenvalue weighted by molar-refractivity contribution is -0.126. The molecule has 3 aliphatic heterocycles. The van der Waals surface area contributed by atoms with E-state index in [4.69, 9.17) is 21.6 Å². The van der Waals surface area contributed by atoms with Crippen LogP contribution < -0.4 is 15.3 Å². The van der Waals surface area contributed by atoms with Gasteiger partial charge in [0.2, 0.25) is 5.91 Å². The van der Waals surface area contributed by atoms with Crippen molar-refractivity contribution in [2.24, 2.45) is 0 Å². The number of amides is 1. The highest BCUT2D eigenvalue weighted by Gasteiger charge is 2.33. The van der Waals surface area contributed by atoms with E-state index in [0.29, 0.717) is 49.3 Å². The normalized spacial score (nSPS) is 17.9. The Morgan fingerprint density at radius 3 is 2.55 bits per heavy atom. The van der Waals surface area contributed by atoms with Crippen LogP contribution in [0.2, 0.25) is 5.02 Å². The standard InChI is InChI=1S/C28H28ClF2N5O3.C2H3N/c1-2-23(37)34-10-12-35(13-11-34)27-20-15-21(29)24(19-5-4-17(30)14-22(19)31)26-25(20)36(28(38)32-27)18(16-39-26)6-9-33-7-3-8-33;1-2-3/h2,4-5,14-15,18H,1,3,6-13,16H2;1H3. The van der Waals surface area contributed by atoms with E-state index in [2.05, 4.69) is 16.5 Å². The lowest BCUT2D eigenvalue weighted by atomic mass is 9.99. The molecule has 0 spiro atoms. The van der Waals surface area contributed by atoms with Crippen molar-refractivity contribution in [3.05, 3.63) is 64.1 Å². The van der Waals surface area contributed by atoms with Crippen LogP contribution >= 0.6 is 11.6 Å². The first-order valence-electron chi connectivity index (χ1n) is 13.8. The second-order valence-corrected chi connectivity index (χ2v) is 10.8. The second kappa shape index (κ2) is 12.5. The van der Waals surface area contributed by atoms with E-state index in [0.717, 1.165) is 25.7 Å². The highest BCUT2D eigenvalue weighted by molar-refractivity contribution is 6.35. The third kappa shape index (κ3) is 5.56. The first-order chi connectivity index (χ1) is 20.3. The van der Waals surface area contributed by atoms with E-state index < -0.39 is 17.3 Å². The predicted molar refractivity (Wildman–Crippen MR) is 157 cm³/mol. The Morgan fingerprint density at radius 1 is 1.21 bits per heavy atom. The largest absolute Gasteiger partial charge is 0.488 e. The van der Waals surface area contributed by atoms with E-state index >= 15 is 0 Å². The van der Waals surface area contributed by atoms with Crippen LogP contribution in [0.15, 0.2) is 41.7 Å². The molecule has 220 valence electrons. The Labute approximate surface area is 247 Å². The van der Waals surface area contributed by atoms with Gasteiger partial charge in [0.05, 0.1) is 22.7 Å². The highest BCUT2D eigenvalue weighted by atomic mass is 35.5. The lowest BCUT2D eigenvalue weighted by Crippen LogP contribution is -2.49. The molecule has 2 saturated heterocycles. The van der Waals surface area contributed by atoms with Crippen molar-refractivity contribution in [1.82, 2.24) is 19.4 Å². The fraction of sp³-hybridized carbons (Fsp3) is 0.400. The molecular weight excluding hydrogens is 566 g/mol. The Bertz CT molecular complexity index is 1630. The third-order valence-corrected chi connectivity index (χ3v) is 8.17. The average molecular weight is 597 g/mol. The number of halogens is 3. The van der Waals surface area contributed by atoms with Gasteiger partial charge in [-0.05, 0) is 50.2 Å². The SMILES string of the molecule is C=CC(=O)N1CCN(c2nc(=O)n3c4c(c(-c5ccc(F)cc5F)c(Cl)cc24)OCC3CCN2CCC2)CC1.CC#N. The number of hydrogen-bond donors (Lipinski definition) is 0.